The van der Waals surface area contributed by atoms with Gasteiger partial charge in [0.2, 0.25) is 0 Å². The number of rotatable bonds is 7. The summed E-state index contributed by atoms with van der Waals surface area (Å²) >= 11 is 12.2. The van der Waals surface area contributed by atoms with Gasteiger partial charge in [-0.1, -0.05) is 47.5 Å². The van der Waals surface area contributed by atoms with Gasteiger partial charge in [0, 0.05) is 16.8 Å². The first-order chi connectivity index (χ1) is 15.9. The van der Waals surface area contributed by atoms with E-state index in [1.54, 1.807) is 47.3 Å². The van der Waals surface area contributed by atoms with Crippen LogP contribution in [0.5, 0.6) is 5.75 Å². The van der Waals surface area contributed by atoms with Gasteiger partial charge in [0.15, 0.2) is 5.82 Å². The van der Waals surface area contributed by atoms with Crippen molar-refractivity contribution < 1.29 is 13.9 Å². The van der Waals surface area contributed by atoms with E-state index in [0.717, 1.165) is 22.4 Å². The molecule has 4 aromatic rings. The molecule has 0 spiro atoms. The number of benzene rings is 3. The Bertz CT molecular complexity index is 1290. The monoisotopic (exact) mass is 483 g/mol. The fourth-order valence-electron chi connectivity index (χ4n) is 3.26. The van der Waals surface area contributed by atoms with Gasteiger partial charge in [-0.2, -0.15) is 5.10 Å². The molecule has 0 aliphatic carbocycles. The minimum Gasteiger partial charge on any atom is -0.489 e. The molecule has 0 aliphatic heterocycles. The molecule has 0 aliphatic rings. The number of carbonyl (C=O) groups is 1. The normalized spacial score (nSPS) is 10.8. The van der Waals surface area contributed by atoms with Gasteiger partial charge in [-0.25, -0.2) is 4.39 Å². The van der Waals surface area contributed by atoms with Gasteiger partial charge in [-0.05, 0) is 66.1 Å². The third-order valence-corrected chi connectivity index (χ3v) is 5.44. The molecule has 4 rings (SSSR count). The number of hydrogen-bond donors (Lipinski definition) is 1. The zero-order valence-corrected chi connectivity index (χ0v) is 19.2. The Morgan fingerprint density at radius 3 is 2.61 bits per heavy atom. The van der Waals surface area contributed by atoms with Crippen LogP contribution in [0.4, 0.5) is 10.2 Å². The second-order valence-electron chi connectivity index (χ2n) is 7.50. The summed E-state index contributed by atoms with van der Waals surface area (Å²) in [6.07, 6.45) is 1.61. The maximum atomic E-state index is 13.1. The Hall–Kier alpha value is -3.35. The number of nitrogens with zero attached hydrogens (tertiary/aromatic N) is 2. The van der Waals surface area contributed by atoms with Gasteiger partial charge in [-0.3, -0.25) is 9.48 Å². The molecular weight excluding hydrogens is 464 g/mol. The van der Waals surface area contributed by atoms with Crippen LogP contribution in [-0.4, -0.2) is 15.7 Å². The summed E-state index contributed by atoms with van der Waals surface area (Å²) in [5.74, 6) is 0.338. The third-order valence-electron chi connectivity index (χ3n) is 4.93. The minimum absolute atomic E-state index is 0.252. The van der Waals surface area contributed by atoms with Crippen molar-refractivity contribution in [3.05, 3.63) is 111 Å². The fraction of sp³-hybridized carbons (Fsp3) is 0.120. The quantitative estimate of drug-likeness (QED) is 0.325. The third kappa shape index (κ3) is 5.92. The summed E-state index contributed by atoms with van der Waals surface area (Å²) in [6, 6.07) is 18.7. The number of nitrogens with one attached hydrogen (secondary N) is 1. The molecule has 5 nitrogen and oxygen atoms in total. The molecule has 1 N–H and O–H groups in total. The van der Waals surface area contributed by atoms with E-state index in [1.165, 1.54) is 12.1 Å². The first kappa shape index (κ1) is 22.8. The van der Waals surface area contributed by atoms with Crippen LogP contribution in [0, 0.1) is 12.7 Å². The van der Waals surface area contributed by atoms with Crippen LogP contribution in [0.15, 0.2) is 72.9 Å². The first-order valence-electron chi connectivity index (χ1n) is 10.1. The van der Waals surface area contributed by atoms with Crippen molar-refractivity contribution in [1.82, 2.24) is 9.78 Å². The molecule has 8 heteroatoms. The minimum atomic E-state index is -0.339. The molecule has 33 heavy (non-hydrogen) atoms. The molecule has 0 atom stereocenters. The lowest BCUT2D eigenvalue weighted by Gasteiger charge is -2.10. The molecule has 0 fully saturated rings. The SMILES string of the molecule is Cc1cc(Cl)ccc1OCc1cccc(C(=O)Nc2nn(Cc3ccc(F)cc3)cc2Cl)c1. The number of anilines is 1. The van der Waals surface area contributed by atoms with Crippen molar-refractivity contribution in [2.75, 3.05) is 5.32 Å². The van der Waals surface area contributed by atoms with E-state index in [2.05, 4.69) is 10.4 Å². The summed E-state index contributed by atoms with van der Waals surface area (Å²) in [7, 11) is 0. The van der Waals surface area contributed by atoms with Crippen molar-refractivity contribution >= 4 is 34.9 Å². The van der Waals surface area contributed by atoms with Crippen molar-refractivity contribution in [3.63, 3.8) is 0 Å². The van der Waals surface area contributed by atoms with Crippen LogP contribution < -0.4 is 10.1 Å². The summed E-state index contributed by atoms with van der Waals surface area (Å²) in [6.45, 7) is 2.62. The lowest BCUT2D eigenvalue weighted by molar-refractivity contribution is 0.102. The Labute approximate surface area is 200 Å². The Morgan fingerprint density at radius 1 is 1.06 bits per heavy atom. The van der Waals surface area contributed by atoms with Gasteiger partial charge in [-0.15, -0.1) is 0 Å². The van der Waals surface area contributed by atoms with E-state index < -0.39 is 0 Å². The zero-order chi connectivity index (χ0) is 23.4. The molecule has 1 aromatic heterocycles. The number of amides is 1. The number of aryl methyl sites for hydroxylation is 1. The van der Waals surface area contributed by atoms with E-state index in [1.807, 2.05) is 25.1 Å². The van der Waals surface area contributed by atoms with Crippen LogP contribution in [0.3, 0.4) is 0 Å². The van der Waals surface area contributed by atoms with E-state index >= 15 is 0 Å². The number of ether oxygens (including phenoxy) is 1. The standard InChI is InChI=1S/C25H20Cl2FN3O2/c1-16-11-20(26)7-10-23(16)33-15-18-3-2-4-19(12-18)25(32)29-24-22(27)14-31(30-24)13-17-5-8-21(28)9-6-17/h2-12,14H,13,15H2,1H3,(H,29,30,32). The zero-order valence-electron chi connectivity index (χ0n) is 17.7. The smallest absolute Gasteiger partial charge is 0.256 e. The highest BCUT2D eigenvalue weighted by Crippen LogP contribution is 2.24. The molecule has 3 aromatic carbocycles. The summed E-state index contributed by atoms with van der Waals surface area (Å²) in [5, 5.41) is 8.03. The number of aromatic nitrogens is 2. The fourth-order valence-corrected chi connectivity index (χ4v) is 3.68. The van der Waals surface area contributed by atoms with Gasteiger partial charge in [0.1, 0.15) is 23.2 Å². The molecule has 0 unspecified atom stereocenters. The van der Waals surface area contributed by atoms with Gasteiger partial charge >= 0.3 is 0 Å². The van der Waals surface area contributed by atoms with Crippen molar-refractivity contribution in [2.24, 2.45) is 0 Å². The Balaban J connectivity index is 1.41. The van der Waals surface area contributed by atoms with Crippen LogP contribution >= 0.6 is 23.2 Å². The van der Waals surface area contributed by atoms with E-state index in [9.17, 15) is 9.18 Å². The summed E-state index contributed by atoms with van der Waals surface area (Å²) < 4.78 is 20.5. The number of halogens is 3. The van der Waals surface area contributed by atoms with E-state index in [-0.39, 0.29) is 17.5 Å². The largest absolute Gasteiger partial charge is 0.489 e. The topological polar surface area (TPSA) is 56.1 Å². The lowest BCUT2D eigenvalue weighted by atomic mass is 10.1. The van der Waals surface area contributed by atoms with Gasteiger partial charge < -0.3 is 10.1 Å². The highest BCUT2D eigenvalue weighted by Gasteiger charge is 2.13. The predicted octanol–water partition coefficient (Wildman–Crippen LogP) is 6.52. The maximum Gasteiger partial charge on any atom is 0.256 e. The first-order valence-corrected chi connectivity index (χ1v) is 10.9. The molecule has 1 heterocycles. The Morgan fingerprint density at radius 2 is 1.85 bits per heavy atom. The lowest BCUT2D eigenvalue weighted by Crippen LogP contribution is -2.13. The van der Waals surface area contributed by atoms with Gasteiger partial charge in [0.25, 0.3) is 5.91 Å². The number of hydrogen-bond acceptors (Lipinski definition) is 3. The molecule has 1 amide bonds. The molecule has 0 radical (unpaired) electrons. The second kappa shape index (κ2) is 10.1. The van der Waals surface area contributed by atoms with Crippen LogP contribution in [0.2, 0.25) is 10.0 Å². The second-order valence-corrected chi connectivity index (χ2v) is 8.35. The highest BCUT2D eigenvalue weighted by molar-refractivity contribution is 6.33. The highest BCUT2D eigenvalue weighted by atomic mass is 35.5. The van der Waals surface area contributed by atoms with Crippen molar-refractivity contribution in [1.29, 1.82) is 0 Å². The summed E-state index contributed by atoms with van der Waals surface area (Å²) in [5.41, 5.74) is 3.08. The predicted molar refractivity (Wildman–Crippen MR) is 128 cm³/mol. The molecular formula is C25H20Cl2FN3O2. The van der Waals surface area contributed by atoms with E-state index in [4.69, 9.17) is 27.9 Å². The average molecular weight is 484 g/mol. The molecule has 0 saturated heterocycles. The van der Waals surface area contributed by atoms with Gasteiger partial charge in [0.05, 0.1) is 6.54 Å². The van der Waals surface area contributed by atoms with Crippen LogP contribution in [-0.2, 0) is 13.2 Å². The van der Waals surface area contributed by atoms with E-state index in [0.29, 0.717) is 28.8 Å². The number of carbonyl (C=O) groups excluding carboxylic acids is 1. The van der Waals surface area contributed by atoms with Crippen molar-refractivity contribution in [3.8, 4) is 5.75 Å². The molecule has 0 bridgehead atoms. The van der Waals surface area contributed by atoms with Crippen LogP contribution in [0.25, 0.3) is 0 Å². The molecule has 168 valence electrons. The maximum absolute atomic E-state index is 13.1. The Kier molecular flexibility index (Phi) is 6.96. The summed E-state index contributed by atoms with van der Waals surface area (Å²) in [4.78, 5) is 12.8. The van der Waals surface area contributed by atoms with Crippen molar-refractivity contribution in [2.45, 2.75) is 20.1 Å². The average Bonchev–Trinajstić information content (AvgIpc) is 3.13. The van der Waals surface area contributed by atoms with Crippen LogP contribution in [0.1, 0.15) is 27.0 Å². The molecule has 0 saturated carbocycles.